The van der Waals surface area contributed by atoms with Crippen LogP contribution >= 0.6 is 0 Å². The van der Waals surface area contributed by atoms with Crippen molar-refractivity contribution in [1.29, 1.82) is 0 Å². The fourth-order valence-electron chi connectivity index (χ4n) is 2.20. The van der Waals surface area contributed by atoms with Crippen molar-refractivity contribution < 1.29 is 14.3 Å². The number of rotatable bonds is 3. The minimum absolute atomic E-state index is 0.378. The highest BCUT2D eigenvalue weighted by Gasteiger charge is 2.35. The van der Waals surface area contributed by atoms with Gasteiger partial charge >= 0.3 is 0 Å². The van der Waals surface area contributed by atoms with Crippen molar-refractivity contribution >= 4 is 11.7 Å². The van der Waals surface area contributed by atoms with Crippen LogP contribution in [0.15, 0.2) is 24.3 Å². The second-order valence-corrected chi connectivity index (χ2v) is 4.21. The lowest BCUT2D eigenvalue weighted by atomic mass is 9.97. The molecule has 4 heteroatoms. The van der Waals surface area contributed by atoms with Crippen LogP contribution < -0.4 is 10.4 Å². The quantitative estimate of drug-likeness (QED) is 0.838. The van der Waals surface area contributed by atoms with Gasteiger partial charge in [0, 0.05) is 5.69 Å². The number of carboxylic acids is 1. The van der Waals surface area contributed by atoms with Crippen LogP contribution in [-0.2, 0) is 4.79 Å². The van der Waals surface area contributed by atoms with E-state index in [0.29, 0.717) is 18.5 Å². The van der Waals surface area contributed by atoms with E-state index in [1.54, 1.807) is 12.1 Å². The summed E-state index contributed by atoms with van der Waals surface area (Å²) in [6.45, 7) is 0. The second-order valence-electron chi connectivity index (χ2n) is 4.21. The SMILES string of the molecule is O=C([O-])C1(Nc2cccc(F)c2)CCCC1. The van der Waals surface area contributed by atoms with Gasteiger partial charge in [-0.25, -0.2) is 4.39 Å². The van der Waals surface area contributed by atoms with Crippen LogP contribution in [0.3, 0.4) is 0 Å². The molecule has 0 amide bonds. The van der Waals surface area contributed by atoms with Crippen LogP contribution in [0.25, 0.3) is 0 Å². The molecule has 1 saturated carbocycles. The molecule has 0 heterocycles. The van der Waals surface area contributed by atoms with Crippen molar-refractivity contribution in [2.75, 3.05) is 5.32 Å². The van der Waals surface area contributed by atoms with E-state index in [0.717, 1.165) is 12.8 Å². The first-order valence-corrected chi connectivity index (χ1v) is 5.38. The Kier molecular flexibility index (Phi) is 2.81. The van der Waals surface area contributed by atoms with E-state index in [1.165, 1.54) is 12.1 Å². The molecule has 0 atom stereocenters. The van der Waals surface area contributed by atoms with E-state index in [-0.39, 0.29) is 5.82 Å². The number of halogens is 1. The van der Waals surface area contributed by atoms with Crippen molar-refractivity contribution in [3.63, 3.8) is 0 Å². The van der Waals surface area contributed by atoms with Gasteiger partial charge < -0.3 is 15.2 Å². The summed E-state index contributed by atoms with van der Waals surface area (Å²) < 4.78 is 13.0. The number of nitrogens with one attached hydrogen (secondary N) is 1. The average Bonchev–Trinajstić information content (AvgIpc) is 2.67. The molecule has 0 aliphatic heterocycles. The molecule has 2 rings (SSSR count). The van der Waals surface area contributed by atoms with Crippen LogP contribution in [0, 0.1) is 5.82 Å². The summed E-state index contributed by atoms with van der Waals surface area (Å²) in [5.74, 6) is -1.48. The lowest BCUT2D eigenvalue weighted by molar-refractivity contribution is -0.311. The summed E-state index contributed by atoms with van der Waals surface area (Å²) in [7, 11) is 0. The van der Waals surface area contributed by atoms with E-state index < -0.39 is 11.5 Å². The molecule has 86 valence electrons. The molecule has 0 bridgehead atoms. The van der Waals surface area contributed by atoms with Crippen LogP contribution in [0.4, 0.5) is 10.1 Å². The Morgan fingerprint density at radius 1 is 1.38 bits per heavy atom. The van der Waals surface area contributed by atoms with E-state index in [1.807, 2.05) is 0 Å². The molecule has 0 spiro atoms. The van der Waals surface area contributed by atoms with Gasteiger partial charge in [0.25, 0.3) is 0 Å². The largest absolute Gasteiger partial charge is 0.548 e. The first-order chi connectivity index (χ1) is 7.62. The molecule has 0 unspecified atom stereocenters. The van der Waals surface area contributed by atoms with Gasteiger partial charge in [-0.2, -0.15) is 0 Å². The van der Waals surface area contributed by atoms with E-state index >= 15 is 0 Å². The molecule has 0 aromatic heterocycles. The van der Waals surface area contributed by atoms with Crippen molar-refractivity contribution in [1.82, 2.24) is 0 Å². The molecule has 1 aliphatic carbocycles. The Morgan fingerprint density at radius 2 is 2.06 bits per heavy atom. The Labute approximate surface area is 93.3 Å². The lowest BCUT2D eigenvalue weighted by Crippen LogP contribution is -2.52. The summed E-state index contributed by atoms with van der Waals surface area (Å²) in [5, 5.41) is 14.0. The predicted octanol–water partition coefficient (Wildman–Crippen LogP) is 1.30. The first kappa shape index (κ1) is 10.9. The van der Waals surface area contributed by atoms with Crippen molar-refractivity contribution in [3.05, 3.63) is 30.1 Å². The number of carboxylic acid groups (broad SMARTS) is 1. The molecule has 16 heavy (non-hydrogen) atoms. The van der Waals surface area contributed by atoms with Crippen LogP contribution in [0.2, 0.25) is 0 Å². The Morgan fingerprint density at radius 3 is 2.62 bits per heavy atom. The van der Waals surface area contributed by atoms with E-state index in [2.05, 4.69) is 5.32 Å². The van der Waals surface area contributed by atoms with Gasteiger partial charge in [0.1, 0.15) is 5.82 Å². The van der Waals surface area contributed by atoms with Gasteiger partial charge in [-0.05, 0) is 31.0 Å². The molecular weight excluding hydrogens is 209 g/mol. The normalized spacial score (nSPS) is 18.3. The fourth-order valence-corrected chi connectivity index (χ4v) is 2.20. The molecule has 1 aromatic carbocycles. The minimum Gasteiger partial charge on any atom is -0.548 e. The van der Waals surface area contributed by atoms with Gasteiger partial charge in [-0.1, -0.05) is 18.9 Å². The number of carbonyl (C=O) groups is 1. The third kappa shape index (κ3) is 2.01. The Bertz CT molecular complexity index is 400. The predicted molar refractivity (Wildman–Crippen MR) is 56.2 cm³/mol. The second kappa shape index (κ2) is 4.12. The highest BCUT2D eigenvalue weighted by molar-refractivity contribution is 5.81. The summed E-state index contributed by atoms with van der Waals surface area (Å²) in [5.41, 5.74) is -0.528. The molecule has 0 saturated heterocycles. The van der Waals surface area contributed by atoms with Crippen molar-refractivity contribution in [3.8, 4) is 0 Å². The van der Waals surface area contributed by atoms with Crippen LogP contribution in [-0.4, -0.2) is 11.5 Å². The third-order valence-corrected chi connectivity index (χ3v) is 3.06. The molecule has 1 N–H and O–H groups in total. The van der Waals surface area contributed by atoms with Crippen LogP contribution in [0.5, 0.6) is 0 Å². The van der Waals surface area contributed by atoms with Gasteiger partial charge in [0.15, 0.2) is 0 Å². The Hall–Kier alpha value is -1.58. The number of aliphatic carboxylic acids is 1. The molecule has 1 aliphatic rings. The maximum Gasteiger partial charge on any atom is 0.125 e. The third-order valence-electron chi connectivity index (χ3n) is 3.06. The summed E-state index contributed by atoms with van der Waals surface area (Å²) in [6, 6.07) is 5.83. The maximum atomic E-state index is 13.0. The molecule has 1 aromatic rings. The lowest BCUT2D eigenvalue weighted by Gasteiger charge is -2.32. The zero-order valence-electron chi connectivity index (χ0n) is 8.83. The molecule has 0 radical (unpaired) electrons. The highest BCUT2D eigenvalue weighted by atomic mass is 19.1. The topological polar surface area (TPSA) is 52.2 Å². The number of benzene rings is 1. The number of anilines is 1. The average molecular weight is 222 g/mol. The number of carbonyl (C=O) groups excluding carboxylic acids is 1. The van der Waals surface area contributed by atoms with Gasteiger partial charge in [-0.3, -0.25) is 0 Å². The maximum absolute atomic E-state index is 13.0. The number of hydrogen-bond donors (Lipinski definition) is 1. The summed E-state index contributed by atoms with van der Waals surface area (Å²) >= 11 is 0. The van der Waals surface area contributed by atoms with E-state index in [9.17, 15) is 14.3 Å². The zero-order valence-corrected chi connectivity index (χ0v) is 8.83. The number of hydrogen-bond acceptors (Lipinski definition) is 3. The van der Waals surface area contributed by atoms with E-state index in [4.69, 9.17) is 0 Å². The first-order valence-electron chi connectivity index (χ1n) is 5.38. The Balaban J connectivity index is 2.21. The zero-order chi connectivity index (χ0) is 11.6. The van der Waals surface area contributed by atoms with Crippen molar-refractivity contribution in [2.45, 2.75) is 31.2 Å². The molecule has 1 fully saturated rings. The molecular formula is C12H13FNO2-. The van der Waals surface area contributed by atoms with Gasteiger partial charge in [-0.15, -0.1) is 0 Å². The van der Waals surface area contributed by atoms with Gasteiger partial charge in [0.05, 0.1) is 11.5 Å². The van der Waals surface area contributed by atoms with Gasteiger partial charge in [0.2, 0.25) is 0 Å². The summed E-state index contributed by atoms with van der Waals surface area (Å²) in [6.07, 6.45) is 2.78. The highest BCUT2D eigenvalue weighted by Crippen LogP contribution is 2.32. The molecule has 3 nitrogen and oxygen atoms in total. The summed E-state index contributed by atoms with van der Waals surface area (Å²) in [4.78, 5) is 11.1. The smallest absolute Gasteiger partial charge is 0.125 e. The monoisotopic (exact) mass is 222 g/mol. The fraction of sp³-hybridized carbons (Fsp3) is 0.417. The van der Waals surface area contributed by atoms with Crippen molar-refractivity contribution in [2.24, 2.45) is 0 Å². The minimum atomic E-state index is -1.10. The van der Waals surface area contributed by atoms with Crippen LogP contribution in [0.1, 0.15) is 25.7 Å². The standard InChI is InChI=1S/C12H14FNO2/c13-9-4-3-5-10(8-9)14-12(11(15)16)6-1-2-7-12/h3-5,8,14H,1-2,6-7H2,(H,15,16)/p-1.